The van der Waals surface area contributed by atoms with Crippen LogP contribution in [0.4, 0.5) is 10.1 Å². The first-order valence-corrected chi connectivity index (χ1v) is 8.36. The summed E-state index contributed by atoms with van der Waals surface area (Å²) in [6.45, 7) is 5.65. The first-order valence-electron chi connectivity index (χ1n) is 8.36. The van der Waals surface area contributed by atoms with Gasteiger partial charge in [-0.2, -0.15) is 5.10 Å². The highest BCUT2D eigenvalue weighted by atomic mass is 19.1. The van der Waals surface area contributed by atoms with Gasteiger partial charge >= 0.3 is 0 Å². The van der Waals surface area contributed by atoms with Crippen molar-refractivity contribution < 1.29 is 14.0 Å². The zero-order chi connectivity index (χ0) is 19.1. The molecule has 2 aromatic carbocycles. The lowest BCUT2D eigenvalue weighted by molar-refractivity contribution is -0.131. The van der Waals surface area contributed by atoms with Gasteiger partial charge in [0.15, 0.2) is 0 Å². The van der Waals surface area contributed by atoms with Crippen molar-refractivity contribution in [1.82, 2.24) is 5.43 Å². The second-order valence-electron chi connectivity index (χ2n) is 6.25. The van der Waals surface area contributed by atoms with Crippen LogP contribution in [0, 0.1) is 11.7 Å². The van der Waals surface area contributed by atoms with Crippen LogP contribution in [0.1, 0.15) is 37.8 Å². The smallest absolute Gasteiger partial charge is 0.252 e. The normalized spacial score (nSPS) is 12.2. The van der Waals surface area contributed by atoms with Crippen LogP contribution >= 0.6 is 0 Å². The zero-order valence-electron chi connectivity index (χ0n) is 15.0. The molecular weight excluding hydrogens is 333 g/mol. The standard InChI is InChI=1S/C20H22FN3O2/c1-13(2)16-10-8-15(9-11-16)12-22-24-20(26)14(3)19(25)23-18-7-5-4-6-17(18)21/h4-14H,1-3H3,(H,23,25)(H,24,26). The summed E-state index contributed by atoms with van der Waals surface area (Å²) < 4.78 is 13.5. The highest BCUT2D eigenvalue weighted by Gasteiger charge is 2.22. The Labute approximate surface area is 152 Å². The van der Waals surface area contributed by atoms with Crippen molar-refractivity contribution in [2.45, 2.75) is 26.7 Å². The molecule has 0 saturated heterocycles. The summed E-state index contributed by atoms with van der Waals surface area (Å²) in [5.41, 5.74) is 4.40. The molecule has 0 heterocycles. The molecule has 0 radical (unpaired) electrons. The fourth-order valence-corrected chi connectivity index (χ4v) is 2.16. The maximum atomic E-state index is 13.5. The number of nitrogens with one attached hydrogen (secondary N) is 2. The number of nitrogens with zero attached hydrogens (tertiary/aromatic N) is 1. The number of rotatable bonds is 6. The average Bonchev–Trinajstić information content (AvgIpc) is 2.63. The topological polar surface area (TPSA) is 70.6 Å². The molecule has 0 spiro atoms. The molecule has 1 atom stereocenters. The van der Waals surface area contributed by atoms with Gasteiger partial charge in [0.25, 0.3) is 5.91 Å². The van der Waals surface area contributed by atoms with Gasteiger partial charge in [-0.3, -0.25) is 9.59 Å². The Balaban J connectivity index is 1.90. The Morgan fingerprint density at radius 3 is 2.27 bits per heavy atom. The molecule has 0 aromatic heterocycles. The van der Waals surface area contributed by atoms with Gasteiger partial charge in [-0.05, 0) is 36.1 Å². The van der Waals surface area contributed by atoms with Crippen LogP contribution in [0.25, 0.3) is 0 Å². The molecule has 0 fully saturated rings. The summed E-state index contributed by atoms with van der Waals surface area (Å²) in [5.74, 6) is -2.32. The summed E-state index contributed by atoms with van der Waals surface area (Å²) in [5, 5.41) is 6.25. The fraction of sp³-hybridized carbons (Fsp3) is 0.250. The Kier molecular flexibility index (Phi) is 6.60. The van der Waals surface area contributed by atoms with Crippen LogP contribution < -0.4 is 10.7 Å². The van der Waals surface area contributed by atoms with Gasteiger partial charge in [0.1, 0.15) is 11.7 Å². The third kappa shape index (κ3) is 5.24. The number of hydrazone groups is 1. The number of amides is 2. The van der Waals surface area contributed by atoms with Crippen LogP contribution in [0.2, 0.25) is 0 Å². The van der Waals surface area contributed by atoms with E-state index in [2.05, 4.69) is 29.7 Å². The number of anilines is 1. The summed E-state index contributed by atoms with van der Waals surface area (Å²) >= 11 is 0. The number of carbonyl (C=O) groups is 2. The van der Waals surface area contributed by atoms with E-state index in [1.807, 2.05) is 24.3 Å². The lowest BCUT2D eigenvalue weighted by Crippen LogP contribution is -2.34. The van der Waals surface area contributed by atoms with Crippen LogP contribution in [-0.2, 0) is 9.59 Å². The highest BCUT2D eigenvalue weighted by molar-refractivity contribution is 6.06. The molecule has 0 saturated carbocycles. The average molecular weight is 355 g/mol. The molecule has 136 valence electrons. The minimum atomic E-state index is -1.02. The number of halogens is 1. The molecule has 0 bridgehead atoms. The molecule has 0 aliphatic rings. The van der Waals surface area contributed by atoms with E-state index in [-0.39, 0.29) is 5.69 Å². The van der Waals surface area contributed by atoms with Gasteiger partial charge in [0, 0.05) is 0 Å². The van der Waals surface area contributed by atoms with E-state index in [1.54, 1.807) is 6.07 Å². The predicted molar refractivity (Wildman–Crippen MR) is 100 cm³/mol. The number of hydrogen-bond donors (Lipinski definition) is 2. The molecule has 0 aliphatic carbocycles. The second-order valence-corrected chi connectivity index (χ2v) is 6.25. The van der Waals surface area contributed by atoms with E-state index >= 15 is 0 Å². The van der Waals surface area contributed by atoms with Crippen LogP contribution in [0.3, 0.4) is 0 Å². The lowest BCUT2D eigenvalue weighted by atomic mass is 10.0. The van der Waals surface area contributed by atoms with Crippen molar-refractivity contribution in [2.24, 2.45) is 11.0 Å². The van der Waals surface area contributed by atoms with Crippen molar-refractivity contribution in [3.63, 3.8) is 0 Å². The Hall–Kier alpha value is -3.02. The molecule has 2 N–H and O–H groups in total. The van der Waals surface area contributed by atoms with E-state index in [9.17, 15) is 14.0 Å². The maximum absolute atomic E-state index is 13.5. The van der Waals surface area contributed by atoms with Gasteiger partial charge < -0.3 is 5.32 Å². The van der Waals surface area contributed by atoms with Crippen molar-refractivity contribution in [3.05, 3.63) is 65.5 Å². The van der Waals surface area contributed by atoms with E-state index in [1.165, 1.54) is 36.9 Å². The molecule has 0 aliphatic heterocycles. The molecule has 2 rings (SSSR count). The zero-order valence-corrected chi connectivity index (χ0v) is 15.0. The third-order valence-corrected chi connectivity index (χ3v) is 3.91. The number of benzene rings is 2. The molecule has 26 heavy (non-hydrogen) atoms. The molecular formula is C20H22FN3O2. The van der Waals surface area contributed by atoms with Gasteiger partial charge in [0.2, 0.25) is 5.91 Å². The van der Waals surface area contributed by atoms with Gasteiger partial charge in [0.05, 0.1) is 11.9 Å². The Morgan fingerprint density at radius 1 is 1.00 bits per heavy atom. The number of hydrogen-bond acceptors (Lipinski definition) is 3. The minimum Gasteiger partial charge on any atom is -0.323 e. The predicted octanol–water partition coefficient (Wildman–Crippen LogP) is 3.67. The first-order chi connectivity index (χ1) is 12.4. The summed E-state index contributed by atoms with van der Waals surface area (Å²) in [6.07, 6.45) is 1.50. The summed E-state index contributed by atoms with van der Waals surface area (Å²) in [4.78, 5) is 24.1. The van der Waals surface area contributed by atoms with Crippen LogP contribution in [0.15, 0.2) is 53.6 Å². The van der Waals surface area contributed by atoms with E-state index in [0.29, 0.717) is 5.92 Å². The van der Waals surface area contributed by atoms with Crippen molar-refractivity contribution in [2.75, 3.05) is 5.32 Å². The molecule has 5 nitrogen and oxygen atoms in total. The SMILES string of the molecule is CC(C(=O)NN=Cc1ccc(C(C)C)cc1)C(=O)Nc1ccccc1F. The quantitative estimate of drug-likeness (QED) is 0.471. The van der Waals surface area contributed by atoms with Crippen LogP contribution in [-0.4, -0.2) is 18.0 Å². The highest BCUT2D eigenvalue weighted by Crippen LogP contribution is 2.14. The van der Waals surface area contributed by atoms with E-state index in [4.69, 9.17) is 0 Å². The lowest BCUT2D eigenvalue weighted by Gasteiger charge is -2.11. The molecule has 1 unspecified atom stereocenters. The first kappa shape index (κ1) is 19.3. The molecule has 2 aromatic rings. The van der Waals surface area contributed by atoms with Gasteiger partial charge in [-0.15, -0.1) is 0 Å². The Morgan fingerprint density at radius 2 is 1.65 bits per heavy atom. The third-order valence-electron chi connectivity index (χ3n) is 3.91. The van der Waals surface area contributed by atoms with E-state index in [0.717, 1.165) is 5.56 Å². The Bertz CT molecular complexity index is 801. The fourth-order valence-electron chi connectivity index (χ4n) is 2.16. The van der Waals surface area contributed by atoms with E-state index < -0.39 is 23.5 Å². The van der Waals surface area contributed by atoms with Crippen molar-refractivity contribution in [3.8, 4) is 0 Å². The molecule has 6 heteroatoms. The van der Waals surface area contributed by atoms with Gasteiger partial charge in [-0.25, -0.2) is 9.82 Å². The van der Waals surface area contributed by atoms with Gasteiger partial charge in [-0.1, -0.05) is 50.2 Å². The molecule has 2 amide bonds. The van der Waals surface area contributed by atoms with Crippen molar-refractivity contribution in [1.29, 1.82) is 0 Å². The largest absolute Gasteiger partial charge is 0.323 e. The monoisotopic (exact) mass is 355 g/mol. The summed E-state index contributed by atoms with van der Waals surface area (Å²) in [6, 6.07) is 13.6. The number of carbonyl (C=O) groups excluding carboxylic acids is 2. The maximum Gasteiger partial charge on any atom is 0.252 e. The second kappa shape index (κ2) is 8.89. The van der Waals surface area contributed by atoms with Crippen LogP contribution in [0.5, 0.6) is 0 Å². The summed E-state index contributed by atoms with van der Waals surface area (Å²) in [7, 11) is 0. The van der Waals surface area contributed by atoms with Crippen molar-refractivity contribution >= 4 is 23.7 Å². The minimum absolute atomic E-state index is 0.0332. The number of para-hydroxylation sites is 1.